The molecule has 2 amide bonds. The molecule has 0 unspecified atom stereocenters. The molecule has 106 valence electrons. The predicted octanol–water partition coefficient (Wildman–Crippen LogP) is 2.15. The first-order chi connectivity index (χ1) is 9.66. The van der Waals surface area contributed by atoms with Gasteiger partial charge in [-0.2, -0.15) is 0 Å². The number of rotatable bonds is 1. The Kier molecular flexibility index (Phi) is 2.82. The zero-order valence-corrected chi connectivity index (χ0v) is 13.1. The fraction of sp³-hybridized carbons (Fsp3) is 0.538. The SMILES string of the molecule is O=C1N[C@@H](C2CCC2)C(=O)N2CCOc3c(Br)sc1c32. The molecule has 1 atom stereocenters. The van der Waals surface area contributed by atoms with Gasteiger partial charge in [0.2, 0.25) is 5.91 Å². The van der Waals surface area contributed by atoms with Crippen LogP contribution >= 0.6 is 27.3 Å². The Morgan fingerprint density at radius 1 is 1.35 bits per heavy atom. The van der Waals surface area contributed by atoms with Crippen LogP contribution < -0.4 is 15.0 Å². The molecular formula is C13H13BrN2O3S. The number of nitrogens with one attached hydrogen (secondary N) is 1. The molecule has 3 aliphatic rings. The van der Waals surface area contributed by atoms with Gasteiger partial charge in [0.15, 0.2) is 5.75 Å². The maximum absolute atomic E-state index is 12.8. The molecule has 1 aromatic heterocycles. The van der Waals surface area contributed by atoms with Crippen LogP contribution in [-0.4, -0.2) is 31.0 Å². The number of halogens is 1. The lowest BCUT2D eigenvalue weighted by molar-refractivity contribution is -0.122. The summed E-state index contributed by atoms with van der Waals surface area (Å²) in [7, 11) is 0. The monoisotopic (exact) mass is 356 g/mol. The predicted molar refractivity (Wildman–Crippen MR) is 78.5 cm³/mol. The minimum Gasteiger partial charge on any atom is -0.487 e. The fourth-order valence-corrected chi connectivity index (χ4v) is 4.67. The highest BCUT2D eigenvalue weighted by Gasteiger charge is 2.44. The van der Waals surface area contributed by atoms with Crippen LogP contribution in [0.15, 0.2) is 3.79 Å². The molecule has 2 aliphatic heterocycles. The van der Waals surface area contributed by atoms with Gasteiger partial charge in [0, 0.05) is 0 Å². The first kappa shape index (κ1) is 12.6. The normalized spacial score (nSPS) is 25.4. The molecule has 0 saturated heterocycles. The van der Waals surface area contributed by atoms with Crippen LogP contribution in [0.3, 0.4) is 0 Å². The van der Waals surface area contributed by atoms with Gasteiger partial charge in [-0.1, -0.05) is 6.42 Å². The van der Waals surface area contributed by atoms with Crippen molar-refractivity contribution in [1.82, 2.24) is 5.32 Å². The Morgan fingerprint density at radius 3 is 2.85 bits per heavy atom. The number of anilines is 1. The molecule has 7 heteroatoms. The summed E-state index contributed by atoms with van der Waals surface area (Å²) in [4.78, 5) is 27.5. The lowest BCUT2D eigenvalue weighted by Crippen LogP contribution is -2.53. The van der Waals surface area contributed by atoms with Gasteiger partial charge in [-0.3, -0.25) is 9.59 Å². The third-order valence-electron chi connectivity index (χ3n) is 4.28. The first-order valence-corrected chi connectivity index (χ1v) is 8.35. The third kappa shape index (κ3) is 1.65. The summed E-state index contributed by atoms with van der Waals surface area (Å²) in [6, 6.07) is -0.374. The number of carbonyl (C=O) groups is 2. The number of hydrogen-bond acceptors (Lipinski definition) is 4. The maximum Gasteiger partial charge on any atom is 0.264 e. The van der Waals surface area contributed by atoms with E-state index in [4.69, 9.17) is 4.74 Å². The average molecular weight is 357 g/mol. The molecule has 0 aromatic carbocycles. The number of hydrogen-bond donors (Lipinski definition) is 1. The maximum atomic E-state index is 12.8. The quantitative estimate of drug-likeness (QED) is 0.838. The van der Waals surface area contributed by atoms with Crippen molar-refractivity contribution in [2.75, 3.05) is 18.1 Å². The summed E-state index contributed by atoms with van der Waals surface area (Å²) in [6.07, 6.45) is 3.18. The summed E-state index contributed by atoms with van der Waals surface area (Å²) in [6.45, 7) is 0.985. The highest BCUT2D eigenvalue weighted by atomic mass is 79.9. The minimum absolute atomic E-state index is 0.0108. The first-order valence-electron chi connectivity index (χ1n) is 6.74. The van der Waals surface area contributed by atoms with E-state index in [1.807, 2.05) is 0 Å². The topological polar surface area (TPSA) is 58.6 Å². The zero-order chi connectivity index (χ0) is 13.9. The fourth-order valence-electron chi connectivity index (χ4n) is 3.00. The van der Waals surface area contributed by atoms with E-state index in [9.17, 15) is 9.59 Å². The van der Waals surface area contributed by atoms with E-state index >= 15 is 0 Å². The molecule has 0 spiro atoms. The summed E-state index contributed by atoms with van der Waals surface area (Å²) < 4.78 is 6.39. The molecular weight excluding hydrogens is 344 g/mol. The third-order valence-corrected chi connectivity index (χ3v) is 6.07. The lowest BCUT2D eigenvalue weighted by atomic mass is 9.79. The largest absolute Gasteiger partial charge is 0.487 e. The molecule has 1 aromatic rings. The Hall–Kier alpha value is -1.08. The van der Waals surface area contributed by atoms with Gasteiger partial charge in [-0.25, -0.2) is 0 Å². The molecule has 1 aliphatic carbocycles. The Labute approximate surface area is 128 Å². The van der Waals surface area contributed by atoms with Crippen molar-refractivity contribution < 1.29 is 14.3 Å². The molecule has 1 saturated carbocycles. The van der Waals surface area contributed by atoms with Crippen LogP contribution in [0.25, 0.3) is 0 Å². The van der Waals surface area contributed by atoms with E-state index in [0.717, 1.165) is 23.0 Å². The van der Waals surface area contributed by atoms with Crippen LogP contribution in [-0.2, 0) is 4.79 Å². The Bertz CT molecular complexity index is 611. The summed E-state index contributed by atoms with van der Waals surface area (Å²) >= 11 is 4.75. The second-order valence-electron chi connectivity index (χ2n) is 5.36. The van der Waals surface area contributed by atoms with E-state index in [1.54, 1.807) is 4.90 Å². The van der Waals surface area contributed by atoms with Gasteiger partial charge in [-0.15, -0.1) is 11.3 Å². The number of carbonyl (C=O) groups excluding carboxylic acids is 2. The van der Waals surface area contributed by atoms with Crippen LogP contribution in [0.5, 0.6) is 5.75 Å². The van der Waals surface area contributed by atoms with Gasteiger partial charge in [0.1, 0.15) is 27.0 Å². The molecule has 0 radical (unpaired) electrons. The van der Waals surface area contributed by atoms with E-state index in [2.05, 4.69) is 21.2 Å². The highest BCUT2D eigenvalue weighted by Crippen LogP contribution is 2.49. The van der Waals surface area contributed by atoms with Crippen LogP contribution in [0.1, 0.15) is 28.9 Å². The summed E-state index contributed by atoms with van der Waals surface area (Å²) in [5.74, 6) is 0.774. The summed E-state index contributed by atoms with van der Waals surface area (Å²) in [5.41, 5.74) is 0.650. The molecule has 1 fully saturated rings. The average Bonchev–Trinajstić information content (AvgIpc) is 2.68. The van der Waals surface area contributed by atoms with Gasteiger partial charge < -0.3 is 15.0 Å². The summed E-state index contributed by atoms with van der Waals surface area (Å²) in [5, 5.41) is 2.92. The number of amides is 2. The second-order valence-corrected chi connectivity index (χ2v) is 7.70. The Morgan fingerprint density at radius 2 is 2.15 bits per heavy atom. The molecule has 1 N–H and O–H groups in total. The van der Waals surface area contributed by atoms with Crippen molar-refractivity contribution in [3.63, 3.8) is 0 Å². The zero-order valence-electron chi connectivity index (χ0n) is 10.6. The second kappa shape index (κ2) is 4.46. The minimum atomic E-state index is -0.374. The van der Waals surface area contributed by atoms with E-state index in [0.29, 0.717) is 29.5 Å². The molecule has 20 heavy (non-hydrogen) atoms. The van der Waals surface area contributed by atoms with Crippen LogP contribution in [0, 0.1) is 5.92 Å². The van der Waals surface area contributed by atoms with Crippen LogP contribution in [0.4, 0.5) is 5.69 Å². The van der Waals surface area contributed by atoms with Gasteiger partial charge in [0.25, 0.3) is 5.91 Å². The van der Waals surface area contributed by atoms with Crippen molar-refractivity contribution >= 4 is 44.8 Å². The van der Waals surface area contributed by atoms with Crippen molar-refractivity contribution in [2.45, 2.75) is 25.3 Å². The van der Waals surface area contributed by atoms with Crippen molar-refractivity contribution in [1.29, 1.82) is 0 Å². The molecule has 5 nitrogen and oxygen atoms in total. The van der Waals surface area contributed by atoms with Crippen LogP contribution in [0.2, 0.25) is 0 Å². The van der Waals surface area contributed by atoms with Gasteiger partial charge >= 0.3 is 0 Å². The molecule has 4 rings (SSSR count). The standard InChI is InChI=1S/C13H13BrN2O3S/c14-11-9-8-10(20-11)12(17)15-7(6-2-1-3-6)13(18)16(8)4-5-19-9/h6-7H,1-5H2,(H,15,17)/t7-/m0/s1. The van der Waals surface area contributed by atoms with Crippen molar-refractivity contribution in [3.05, 3.63) is 8.66 Å². The van der Waals surface area contributed by atoms with Gasteiger partial charge in [-0.05, 0) is 34.7 Å². The van der Waals surface area contributed by atoms with E-state index in [1.165, 1.54) is 11.3 Å². The smallest absolute Gasteiger partial charge is 0.264 e. The molecule has 3 heterocycles. The molecule has 0 bridgehead atoms. The van der Waals surface area contributed by atoms with E-state index in [-0.39, 0.29) is 23.8 Å². The number of thiophene rings is 1. The van der Waals surface area contributed by atoms with E-state index < -0.39 is 0 Å². The lowest BCUT2D eigenvalue weighted by Gasteiger charge is -2.35. The number of nitrogens with zero attached hydrogens (tertiary/aromatic N) is 1. The Balaban J connectivity index is 1.82. The van der Waals surface area contributed by atoms with Crippen molar-refractivity contribution in [3.8, 4) is 5.75 Å². The van der Waals surface area contributed by atoms with Crippen molar-refractivity contribution in [2.24, 2.45) is 5.92 Å². The highest BCUT2D eigenvalue weighted by molar-refractivity contribution is 9.11. The number of ether oxygens (including phenoxy) is 1. The van der Waals surface area contributed by atoms with Gasteiger partial charge in [0.05, 0.1) is 6.54 Å².